The zero-order valence-corrected chi connectivity index (χ0v) is 11.6. The Balaban J connectivity index is 2.45. The van der Waals surface area contributed by atoms with Crippen molar-refractivity contribution in [3.8, 4) is 5.69 Å². The fourth-order valence-corrected chi connectivity index (χ4v) is 2.23. The van der Waals surface area contributed by atoms with E-state index < -0.39 is 5.97 Å². The van der Waals surface area contributed by atoms with E-state index in [1.807, 2.05) is 32.0 Å². The highest BCUT2D eigenvalue weighted by molar-refractivity contribution is 9.10. The average molecular weight is 310 g/mol. The Morgan fingerprint density at radius 1 is 1.44 bits per heavy atom. The Bertz CT molecular complexity index is 607. The van der Waals surface area contributed by atoms with Crippen LogP contribution in [0, 0.1) is 13.8 Å². The molecule has 2 aromatic rings. The third-order valence-corrected chi connectivity index (χ3v) is 3.19. The molecule has 0 amide bonds. The quantitative estimate of drug-likeness (QED) is 0.944. The third kappa shape index (κ3) is 2.43. The van der Waals surface area contributed by atoms with Crippen molar-refractivity contribution < 1.29 is 9.90 Å². The first kappa shape index (κ1) is 12.8. The fourth-order valence-electron chi connectivity index (χ4n) is 1.75. The predicted molar refractivity (Wildman–Crippen MR) is 69.9 cm³/mol. The van der Waals surface area contributed by atoms with E-state index in [9.17, 15) is 4.79 Å². The topological polar surface area (TPSA) is 68.0 Å². The summed E-state index contributed by atoms with van der Waals surface area (Å²) < 4.78 is 2.66. The monoisotopic (exact) mass is 309 g/mol. The molecule has 0 fully saturated rings. The lowest BCUT2D eigenvalue weighted by atomic mass is 10.2. The van der Waals surface area contributed by atoms with Crippen molar-refractivity contribution in [2.45, 2.75) is 20.3 Å². The highest BCUT2D eigenvalue weighted by atomic mass is 79.9. The lowest BCUT2D eigenvalue weighted by Crippen LogP contribution is -2.04. The normalized spacial score (nSPS) is 10.6. The Morgan fingerprint density at radius 2 is 2.17 bits per heavy atom. The minimum atomic E-state index is -0.905. The van der Waals surface area contributed by atoms with Gasteiger partial charge in [-0.2, -0.15) is 0 Å². The molecule has 94 valence electrons. The summed E-state index contributed by atoms with van der Waals surface area (Å²) in [5.74, 6) is -0.905. The van der Waals surface area contributed by atoms with Crippen molar-refractivity contribution in [3.05, 3.63) is 39.6 Å². The second-order valence-corrected chi connectivity index (χ2v) is 4.95. The molecule has 0 radical (unpaired) electrons. The Hall–Kier alpha value is -1.69. The van der Waals surface area contributed by atoms with Gasteiger partial charge in [0, 0.05) is 4.47 Å². The zero-order chi connectivity index (χ0) is 13.3. The van der Waals surface area contributed by atoms with Crippen LogP contribution in [0.2, 0.25) is 0 Å². The van der Waals surface area contributed by atoms with E-state index in [0.29, 0.717) is 5.69 Å². The van der Waals surface area contributed by atoms with Gasteiger partial charge in [0.25, 0.3) is 0 Å². The van der Waals surface area contributed by atoms with Crippen molar-refractivity contribution in [2.24, 2.45) is 0 Å². The maximum Gasteiger partial charge on any atom is 0.309 e. The first-order valence-electron chi connectivity index (χ1n) is 5.38. The van der Waals surface area contributed by atoms with Gasteiger partial charge in [0.05, 0.1) is 23.5 Å². The van der Waals surface area contributed by atoms with Crippen LogP contribution in [0.4, 0.5) is 0 Å². The van der Waals surface area contributed by atoms with Crippen LogP contribution in [0.15, 0.2) is 22.7 Å². The third-order valence-electron chi connectivity index (χ3n) is 2.70. The molecule has 1 aromatic heterocycles. The Morgan fingerprint density at radius 3 is 2.78 bits per heavy atom. The lowest BCUT2D eigenvalue weighted by molar-refractivity contribution is -0.136. The van der Waals surface area contributed by atoms with Gasteiger partial charge < -0.3 is 5.11 Å². The number of carboxylic acids is 1. The molecular formula is C12H12BrN3O2. The van der Waals surface area contributed by atoms with Crippen LogP contribution in [-0.2, 0) is 11.2 Å². The summed E-state index contributed by atoms with van der Waals surface area (Å²) >= 11 is 3.40. The summed E-state index contributed by atoms with van der Waals surface area (Å²) in [6.45, 7) is 3.79. The largest absolute Gasteiger partial charge is 0.481 e. The number of rotatable bonds is 3. The molecule has 5 nitrogen and oxygen atoms in total. The molecule has 0 aliphatic rings. The number of aliphatic carboxylic acids is 1. The number of carboxylic acid groups (broad SMARTS) is 1. The van der Waals surface area contributed by atoms with E-state index in [0.717, 1.165) is 21.4 Å². The van der Waals surface area contributed by atoms with Gasteiger partial charge in [-0.1, -0.05) is 21.1 Å². The van der Waals surface area contributed by atoms with E-state index in [1.54, 1.807) is 4.68 Å². The van der Waals surface area contributed by atoms with Gasteiger partial charge in [-0.05, 0) is 37.6 Å². The van der Waals surface area contributed by atoms with E-state index in [-0.39, 0.29) is 6.42 Å². The van der Waals surface area contributed by atoms with Gasteiger partial charge in [0.1, 0.15) is 0 Å². The first-order valence-corrected chi connectivity index (χ1v) is 6.18. The second kappa shape index (κ2) is 4.89. The summed E-state index contributed by atoms with van der Waals surface area (Å²) in [6.07, 6.45) is -0.110. The number of carbonyl (C=O) groups is 1. The predicted octanol–water partition coefficient (Wildman–Crippen LogP) is 2.27. The molecule has 0 aliphatic carbocycles. The number of aromatic nitrogens is 3. The van der Waals surface area contributed by atoms with Crippen molar-refractivity contribution in [2.75, 3.05) is 0 Å². The minimum absolute atomic E-state index is 0.110. The van der Waals surface area contributed by atoms with Gasteiger partial charge >= 0.3 is 5.97 Å². The van der Waals surface area contributed by atoms with Crippen LogP contribution in [0.3, 0.4) is 0 Å². The maximum absolute atomic E-state index is 10.7. The van der Waals surface area contributed by atoms with E-state index in [4.69, 9.17) is 5.11 Å². The van der Waals surface area contributed by atoms with Gasteiger partial charge in [-0.25, -0.2) is 4.68 Å². The van der Waals surface area contributed by atoms with E-state index in [1.165, 1.54) is 0 Å². The van der Waals surface area contributed by atoms with Crippen LogP contribution >= 0.6 is 15.9 Å². The number of hydrogen-bond acceptors (Lipinski definition) is 3. The average Bonchev–Trinajstić information content (AvgIpc) is 2.60. The van der Waals surface area contributed by atoms with Gasteiger partial charge in [-0.3, -0.25) is 4.79 Å². The van der Waals surface area contributed by atoms with Crippen LogP contribution in [0.1, 0.15) is 17.0 Å². The minimum Gasteiger partial charge on any atom is -0.481 e. The van der Waals surface area contributed by atoms with Gasteiger partial charge in [0.15, 0.2) is 0 Å². The first-order chi connectivity index (χ1) is 8.49. The van der Waals surface area contributed by atoms with Crippen LogP contribution in [0.25, 0.3) is 5.69 Å². The number of nitrogens with zero attached hydrogens (tertiary/aromatic N) is 3. The van der Waals surface area contributed by atoms with Crippen molar-refractivity contribution >= 4 is 21.9 Å². The van der Waals surface area contributed by atoms with Gasteiger partial charge in [0.2, 0.25) is 0 Å². The van der Waals surface area contributed by atoms with Crippen LogP contribution in [-0.4, -0.2) is 26.1 Å². The molecule has 0 spiro atoms. The van der Waals surface area contributed by atoms with Crippen molar-refractivity contribution in [1.29, 1.82) is 0 Å². The summed E-state index contributed by atoms with van der Waals surface area (Å²) in [7, 11) is 0. The molecule has 6 heteroatoms. The molecule has 0 atom stereocenters. The number of benzene rings is 1. The van der Waals surface area contributed by atoms with Crippen LogP contribution < -0.4 is 0 Å². The molecule has 0 saturated heterocycles. The highest BCUT2D eigenvalue weighted by Crippen LogP contribution is 2.20. The molecule has 1 aromatic carbocycles. The molecule has 0 saturated carbocycles. The summed E-state index contributed by atoms with van der Waals surface area (Å²) in [4.78, 5) is 10.7. The molecule has 0 bridgehead atoms. The number of aryl methyl sites for hydroxylation is 1. The molecular weight excluding hydrogens is 298 g/mol. The smallest absolute Gasteiger partial charge is 0.309 e. The van der Waals surface area contributed by atoms with Gasteiger partial charge in [-0.15, -0.1) is 5.10 Å². The molecule has 0 unspecified atom stereocenters. The Kier molecular flexibility index (Phi) is 3.47. The zero-order valence-electron chi connectivity index (χ0n) is 10.0. The van der Waals surface area contributed by atoms with E-state index >= 15 is 0 Å². The molecule has 18 heavy (non-hydrogen) atoms. The molecule has 2 rings (SSSR count). The number of hydrogen-bond donors (Lipinski definition) is 1. The summed E-state index contributed by atoms with van der Waals surface area (Å²) in [6, 6.07) is 5.82. The van der Waals surface area contributed by atoms with E-state index in [2.05, 4.69) is 26.2 Å². The fraction of sp³-hybridized carbons (Fsp3) is 0.250. The second-order valence-electron chi connectivity index (χ2n) is 4.03. The summed E-state index contributed by atoms with van der Waals surface area (Å²) in [5.41, 5.74) is 3.19. The molecule has 0 aliphatic heterocycles. The van der Waals surface area contributed by atoms with Crippen molar-refractivity contribution in [3.63, 3.8) is 0 Å². The standard InChI is InChI=1S/C12H12BrN3O2/c1-7-5-9(13)3-4-11(7)16-8(2)10(14-15-16)6-12(17)18/h3-5H,6H2,1-2H3,(H,17,18). The van der Waals surface area contributed by atoms with Crippen LogP contribution in [0.5, 0.6) is 0 Å². The molecule has 1 heterocycles. The maximum atomic E-state index is 10.7. The number of halogens is 1. The molecule has 1 N–H and O–H groups in total. The SMILES string of the molecule is Cc1cc(Br)ccc1-n1nnc(CC(=O)O)c1C. The lowest BCUT2D eigenvalue weighted by Gasteiger charge is -2.07. The summed E-state index contributed by atoms with van der Waals surface area (Å²) in [5, 5.41) is 16.7. The van der Waals surface area contributed by atoms with Crippen molar-refractivity contribution in [1.82, 2.24) is 15.0 Å². The highest BCUT2D eigenvalue weighted by Gasteiger charge is 2.14. The Labute approximate surface area is 113 Å².